The number of hydrogen-bond donors (Lipinski definition) is 2. The van der Waals surface area contributed by atoms with E-state index < -0.39 is 0 Å². The molecule has 0 radical (unpaired) electrons. The fourth-order valence-corrected chi connectivity index (χ4v) is 3.17. The Balaban J connectivity index is 1.78. The first-order chi connectivity index (χ1) is 12.6. The number of phenols is 2. The lowest BCUT2D eigenvalue weighted by atomic mass is 9.97. The molecule has 3 aromatic carbocycles. The Labute approximate surface area is 155 Å². The second-order valence-electron chi connectivity index (χ2n) is 6.80. The van der Waals surface area contributed by atoms with Gasteiger partial charge in [0.2, 0.25) is 0 Å². The van der Waals surface area contributed by atoms with Crippen LogP contribution in [0.15, 0.2) is 60.7 Å². The van der Waals surface area contributed by atoms with Crippen LogP contribution >= 0.6 is 0 Å². The largest absolute Gasteiger partial charge is 0.508 e. The zero-order valence-corrected chi connectivity index (χ0v) is 15.5. The van der Waals surface area contributed by atoms with Crippen molar-refractivity contribution < 1.29 is 10.2 Å². The molecule has 26 heavy (non-hydrogen) atoms. The molecule has 134 valence electrons. The van der Waals surface area contributed by atoms with E-state index in [1.807, 2.05) is 0 Å². The van der Waals surface area contributed by atoms with Crippen LogP contribution in [0, 0.1) is 0 Å². The predicted octanol–water partition coefficient (Wildman–Crippen LogP) is 5.40. The maximum Gasteiger partial charge on any atom is 0.119 e. The summed E-state index contributed by atoms with van der Waals surface area (Å²) >= 11 is 0. The predicted molar refractivity (Wildman–Crippen MR) is 107 cm³/mol. The lowest BCUT2D eigenvalue weighted by molar-refractivity contribution is 0.450. The Kier molecular flexibility index (Phi) is 5.62. The van der Waals surface area contributed by atoms with E-state index in [0.29, 0.717) is 12.8 Å². The number of benzene rings is 3. The molecule has 0 unspecified atom stereocenters. The Morgan fingerprint density at radius 2 is 0.846 bits per heavy atom. The van der Waals surface area contributed by atoms with E-state index in [-0.39, 0.29) is 11.5 Å². The number of aromatic hydroxyl groups is 2. The normalized spacial score (nSPS) is 10.8. The van der Waals surface area contributed by atoms with Gasteiger partial charge in [-0.05, 0) is 47.2 Å². The quantitative estimate of drug-likeness (QED) is 0.586. The number of rotatable bonds is 6. The summed E-state index contributed by atoms with van der Waals surface area (Å²) < 4.78 is 0. The number of hydrogen-bond acceptors (Lipinski definition) is 2. The molecule has 0 spiro atoms. The van der Waals surface area contributed by atoms with Crippen LogP contribution in [-0.2, 0) is 25.7 Å². The zero-order valence-electron chi connectivity index (χ0n) is 15.5. The van der Waals surface area contributed by atoms with Crippen molar-refractivity contribution in [2.45, 2.75) is 39.5 Å². The fraction of sp³-hybridized carbons (Fsp3) is 0.250. The van der Waals surface area contributed by atoms with E-state index in [9.17, 15) is 10.2 Å². The third kappa shape index (κ3) is 4.26. The van der Waals surface area contributed by atoms with Crippen LogP contribution in [0.25, 0.3) is 0 Å². The molecule has 0 aliphatic heterocycles. The molecule has 3 aromatic rings. The van der Waals surface area contributed by atoms with Crippen molar-refractivity contribution in [3.8, 4) is 11.5 Å². The van der Waals surface area contributed by atoms with E-state index in [4.69, 9.17) is 0 Å². The van der Waals surface area contributed by atoms with Crippen molar-refractivity contribution in [3.05, 3.63) is 94.0 Å². The molecule has 0 aromatic heterocycles. The van der Waals surface area contributed by atoms with Crippen LogP contribution in [0.5, 0.6) is 11.5 Å². The third-order valence-corrected chi connectivity index (χ3v) is 4.93. The van der Waals surface area contributed by atoms with E-state index >= 15 is 0 Å². The Morgan fingerprint density at radius 1 is 0.538 bits per heavy atom. The molecular weight excluding hydrogens is 320 g/mol. The minimum absolute atomic E-state index is 0.238. The Morgan fingerprint density at radius 3 is 1.15 bits per heavy atom. The van der Waals surface area contributed by atoms with Crippen LogP contribution in [0.3, 0.4) is 0 Å². The van der Waals surface area contributed by atoms with Gasteiger partial charge in [0, 0.05) is 24.0 Å². The molecule has 0 bridgehead atoms. The van der Waals surface area contributed by atoms with Gasteiger partial charge >= 0.3 is 0 Å². The van der Waals surface area contributed by atoms with Gasteiger partial charge in [-0.1, -0.05) is 62.4 Å². The maximum atomic E-state index is 10.4. The van der Waals surface area contributed by atoms with Crippen molar-refractivity contribution in [2.75, 3.05) is 0 Å². The molecule has 0 saturated carbocycles. The summed E-state index contributed by atoms with van der Waals surface area (Å²) in [6, 6.07) is 20.2. The molecule has 0 saturated heterocycles. The maximum absolute atomic E-state index is 10.4. The third-order valence-electron chi connectivity index (χ3n) is 4.93. The summed E-state index contributed by atoms with van der Waals surface area (Å²) in [4.78, 5) is 0. The summed E-state index contributed by atoms with van der Waals surface area (Å²) in [6.45, 7) is 4.26. The van der Waals surface area contributed by atoms with Gasteiger partial charge in [-0.25, -0.2) is 0 Å². The Bertz CT molecular complexity index is 787. The highest BCUT2D eigenvalue weighted by Crippen LogP contribution is 2.30. The average Bonchev–Trinajstić information content (AvgIpc) is 2.67. The molecule has 2 heteroatoms. The number of aryl methyl sites for hydroxylation is 2. The van der Waals surface area contributed by atoms with Crippen molar-refractivity contribution >= 4 is 0 Å². The second kappa shape index (κ2) is 8.09. The fourth-order valence-electron chi connectivity index (χ4n) is 3.17. The monoisotopic (exact) mass is 346 g/mol. The summed E-state index contributed by atoms with van der Waals surface area (Å²) in [6.07, 6.45) is 3.24. The topological polar surface area (TPSA) is 40.5 Å². The molecule has 2 nitrogen and oxygen atoms in total. The highest BCUT2D eigenvalue weighted by molar-refractivity contribution is 5.48. The van der Waals surface area contributed by atoms with Gasteiger partial charge in [-0.15, -0.1) is 0 Å². The van der Waals surface area contributed by atoms with Gasteiger partial charge in [0.05, 0.1) is 0 Å². The molecule has 0 aliphatic rings. The summed E-state index contributed by atoms with van der Waals surface area (Å²) in [5.41, 5.74) is 6.34. The van der Waals surface area contributed by atoms with E-state index in [0.717, 1.165) is 35.1 Å². The van der Waals surface area contributed by atoms with Crippen molar-refractivity contribution in [2.24, 2.45) is 0 Å². The molecule has 0 fully saturated rings. The lowest BCUT2D eigenvalue weighted by Gasteiger charge is -2.11. The SMILES string of the molecule is CCc1ccc(Cc2cc(O)c(Cc3ccc(CC)cc3)cc2O)cc1. The molecule has 0 aliphatic carbocycles. The first-order valence-electron chi connectivity index (χ1n) is 9.28. The molecular formula is C24H26O2. The molecule has 0 heterocycles. The van der Waals surface area contributed by atoms with Gasteiger partial charge in [-0.3, -0.25) is 0 Å². The van der Waals surface area contributed by atoms with Crippen LogP contribution in [0.4, 0.5) is 0 Å². The van der Waals surface area contributed by atoms with Crippen molar-refractivity contribution in [1.29, 1.82) is 0 Å². The molecule has 0 atom stereocenters. The minimum atomic E-state index is 0.238. The van der Waals surface area contributed by atoms with Gasteiger partial charge < -0.3 is 10.2 Å². The zero-order chi connectivity index (χ0) is 18.5. The molecule has 3 rings (SSSR count). The van der Waals surface area contributed by atoms with E-state index in [1.165, 1.54) is 11.1 Å². The number of phenolic OH excluding ortho intramolecular Hbond substituents is 2. The van der Waals surface area contributed by atoms with Crippen LogP contribution < -0.4 is 0 Å². The first-order valence-corrected chi connectivity index (χ1v) is 9.28. The summed E-state index contributed by atoms with van der Waals surface area (Å²) in [7, 11) is 0. The lowest BCUT2D eigenvalue weighted by Crippen LogP contribution is -1.94. The van der Waals surface area contributed by atoms with Crippen molar-refractivity contribution in [1.82, 2.24) is 0 Å². The van der Waals surface area contributed by atoms with Gasteiger partial charge in [0.25, 0.3) is 0 Å². The molecule has 0 amide bonds. The van der Waals surface area contributed by atoms with Gasteiger partial charge in [0.15, 0.2) is 0 Å². The van der Waals surface area contributed by atoms with E-state index in [2.05, 4.69) is 62.4 Å². The van der Waals surface area contributed by atoms with Crippen LogP contribution in [0.2, 0.25) is 0 Å². The molecule has 2 N–H and O–H groups in total. The first kappa shape index (κ1) is 18.1. The average molecular weight is 346 g/mol. The van der Waals surface area contributed by atoms with E-state index in [1.54, 1.807) is 12.1 Å². The summed E-state index contributed by atoms with van der Waals surface area (Å²) in [5, 5.41) is 20.9. The highest BCUT2D eigenvalue weighted by Gasteiger charge is 2.10. The summed E-state index contributed by atoms with van der Waals surface area (Å²) in [5.74, 6) is 0.477. The minimum Gasteiger partial charge on any atom is -0.508 e. The second-order valence-corrected chi connectivity index (χ2v) is 6.80. The van der Waals surface area contributed by atoms with Gasteiger partial charge in [-0.2, -0.15) is 0 Å². The highest BCUT2D eigenvalue weighted by atomic mass is 16.3. The van der Waals surface area contributed by atoms with Crippen molar-refractivity contribution in [3.63, 3.8) is 0 Å². The standard InChI is InChI=1S/C24H26O2/c1-3-17-5-9-19(10-6-17)13-21-15-24(26)22(16-23(21)25)14-20-11-7-18(4-2)8-12-20/h5-12,15-16,25-26H,3-4,13-14H2,1-2H3. The van der Waals surface area contributed by atoms with Gasteiger partial charge in [0.1, 0.15) is 11.5 Å². The van der Waals surface area contributed by atoms with Crippen LogP contribution in [0.1, 0.15) is 47.2 Å². The Hall–Kier alpha value is -2.74. The smallest absolute Gasteiger partial charge is 0.119 e. The van der Waals surface area contributed by atoms with Crippen LogP contribution in [-0.4, -0.2) is 10.2 Å².